The Morgan fingerprint density at radius 1 is 1.44 bits per heavy atom. The number of hydrogen-bond donors (Lipinski definition) is 1. The molecule has 4 nitrogen and oxygen atoms in total. The Morgan fingerprint density at radius 3 is 2.56 bits per heavy atom. The molecule has 0 aromatic heterocycles. The lowest BCUT2D eigenvalue weighted by Gasteiger charge is -2.19. The summed E-state index contributed by atoms with van der Waals surface area (Å²) in [4.78, 5) is 10.3. The van der Waals surface area contributed by atoms with E-state index in [1.807, 2.05) is 0 Å². The lowest BCUT2D eigenvalue weighted by Crippen LogP contribution is -2.19. The summed E-state index contributed by atoms with van der Waals surface area (Å²) in [5.41, 5.74) is 0.737. The Bertz CT molecular complexity index is 421. The Hall–Kier alpha value is -1.23. The van der Waals surface area contributed by atoms with Gasteiger partial charge in [0.2, 0.25) is 0 Å². The molecule has 5 heteroatoms. The lowest BCUT2D eigenvalue weighted by atomic mass is 9.99. The second-order valence-electron chi connectivity index (χ2n) is 4.70. The molecule has 0 amide bonds. The molecule has 0 heterocycles. The quantitative estimate of drug-likeness (QED) is 0.488. The fourth-order valence-corrected chi connectivity index (χ4v) is 2.11. The van der Waals surface area contributed by atoms with Gasteiger partial charge in [0.25, 0.3) is 5.69 Å². The molecule has 0 saturated heterocycles. The maximum atomic E-state index is 10.7. The van der Waals surface area contributed by atoms with Crippen molar-refractivity contribution >= 4 is 18.3 Å². The van der Waals surface area contributed by atoms with Gasteiger partial charge >= 0.3 is 0 Å². The molecule has 1 atom stereocenters. The highest BCUT2D eigenvalue weighted by atomic mass is 32.1. The Morgan fingerprint density at radius 2 is 2.11 bits per heavy atom. The number of benzene rings is 1. The van der Waals surface area contributed by atoms with Crippen LogP contribution in [0.3, 0.4) is 0 Å². The van der Waals surface area contributed by atoms with Crippen molar-refractivity contribution in [3.8, 4) is 5.75 Å². The van der Waals surface area contributed by atoms with E-state index in [-0.39, 0.29) is 10.6 Å². The van der Waals surface area contributed by atoms with Gasteiger partial charge in [-0.3, -0.25) is 10.1 Å². The van der Waals surface area contributed by atoms with Crippen LogP contribution in [0.1, 0.15) is 19.4 Å². The normalized spacial score (nSPS) is 12.5. The first-order valence-corrected chi connectivity index (χ1v) is 6.57. The Kier molecular flexibility index (Phi) is 5.47. The molecule has 1 rings (SSSR count). The van der Waals surface area contributed by atoms with Gasteiger partial charge in [-0.15, -0.1) is 0 Å². The number of nitro groups is 1. The van der Waals surface area contributed by atoms with Gasteiger partial charge < -0.3 is 4.74 Å². The molecule has 0 aliphatic rings. The minimum absolute atomic E-state index is 0.122. The topological polar surface area (TPSA) is 52.4 Å². The van der Waals surface area contributed by atoms with E-state index >= 15 is 0 Å². The summed E-state index contributed by atoms with van der Waals surface area (Å²) >= 11 is 4.30. The summed E-state index contributed by atoms with van der Waals surface area (Å²) < 4.78 is 5.66. The molecule has 0 aliphatic heterocycles. The van der Waals surface area contributed by atoms with Crippen LogP contribution in [-0.2, 0) is 0 Å². The van der Waals surface area contributed by atoms with Crippen molar-refractivity contribution in [2.24, 2.45) is 11.8 Å². The van der Waals surface area contributed by atoms with Crippen LogP contribution in [0.2, 0.25) is 0 Å². The average Bonchev–Trinajstić information content (AvgIpc) is 2.28. The number of nitrogens with zero attached hydrogens (tertiary/aromatic N) is 1. The smallest absolute Gasteiger partial charge is 0.272 e. The molecule has 18 heavy (non-hydrogen) atoms. The van der Waals surface area contributed by atoms with Gasteiger partial charge in [0, 0.05) is 17.5 Å². The van der Waals surface area contributed by atoms with Crippen molar-refractivity contribution in [2.75, 3.05) is 12.4 Å². The first kappa shape index (κ1) is 14.8. The van der Waals surface area contributed by atoms with Crippen molar-refractivity contribution < 1.29 is 9.66 Å². The van der Waals surface area contributed by atoms with Crippen LogP contribution in [0.4, 0.5) is 5.69 Å². The second kappa shape index (κ2) is 6.64. The van der Waals surface area contributed by atoms with Crippen LogP contribution in [0.15, 0.2) is 18.2 Å². The SMILES string of the molecule is Cc1cc(OCC(CS)C(C)C)ccc1[N+](=O)[O-]. The third-order valence-electron chi connectivity index (χ3n) is 3.01. The van der Waals surface area contributed by atoms with E-state index in [0.717, 1.165) is 5.75 Å². The zero-order valence-electron chi connectivity index (χ0n) is 10.9. The van der Waals surface area contributed by atoms with Crippen LogP contribution in [0.25, 0.3) is 0 Å². The summed E-state index contributed by atoms with van der Waals surface area (Å²) in [6.45, 7) is 6.55. The zero-order valence-corrected chi connectivity index (χ0v) is 11.8. The highest BCUT2D eigenvalue weighted by molar-refractivity contribution is 7.80. The number of nitro benzene ring substituents is 1. The second-order valence-corrected chi connectivity index (χ2v) is 5.07. The molecule has 0 spiro atoms. The van der Waals surface area contributed by atoms with E-state index in [1.165, 1.54) is 6.07 Å². The molecule has 0 N–H and O–H groups in total. The van der Waals surface area contributed by atoms with E-state index in [4.69, 9.17) is 4.74 Å². The van der Waals surface area contributed by atoms with Gasteiger partial charge in [-0.1, -0.05) is 13.8 Å². The lowest BCUT2D eigenvalue weighted by molar-refractivity contribution is -0.385. The Balaban J connectivity index is 2.69. The highest BCUT2D eigenvalue weighted by Crippen LogP contribution is 2.24. The number of thiol groups is 1. The summed E-state index contributed by atoms with van der Waals surface area (Å²) in [6, 6.07) is 4.82. The van der Waals surface area contributed by atoms with E-state index in [1.54, 1.807) is 19.1 Å². The monoisotopic (exact) mass is 269 g/mol. The zero-order chi connectivity index (χ0) is 13.7. The van der Waals surface area contributed by atoms with Crippen molar-refractivity contribution in [1.29, 1.82) is 0 Å². The van der Waals surface area contributed by atoms with E-state index in [2.05, 4.69) is 26.5 Å². The van der Waals surface area contributed by atoms with Crippen molar-refractivity contribution in [2.45, 2.75) is 20.8 Å². The van der Waals surface area contributed by atoms with Gasteiger partial charge in [0.15, 0.2) is 0 Å². The van der Waals surface area contributed by atoms with Gasteiger partial charge in [0.05, 0.1) is 11.5 Å². The third kappa shape index (κ3) is 3.91. The fraction of sp³-hybridized carbons (Fsp3) is 0.538. The molecule has 1 unspecified atom stereocenters. The minimum atomic E-state index is -0.385. The summed E-state index contributed by atoms with van der Waals surface area (Å²) in [5, 5.41) is 10.7. The average molecular weight is 269 g/mol. The molecule has 0 radical (unpaired) electrons. The molecular weight excluding hydrogens is 250 g/mol. The maximum absolute atomic E-state index is 10.7. The predicted octanol–water partition coefficient (Wildman–Crippen LogP) is 3.48. The van der Waals surface area contributed by atoms with Gasteiger partial charge in [-0.05, 0) is 30.7 Å². The molecular formula is C13H19NO3S. The summed E-state index contributed by atoms with van der Waals surface area (Å²) in [6.07, 6.45) is 0. The molecule has 0 fully saturated rings. The predicted molar refractivity (Wildman–Crippen MR) is 75.5 cm³/mol. The number of ether oxygens (including phenoxy) is 1. The molecule has 0 saturated carbocycles. The number of rotatable bonds is 6. The van der Waals surface area contributed by atoms with E-state index in [9.17, 15) is 10.1 Å². The Labute approximate surface area is 113 Å². The fourth-order valence-electron chi connectivity index (χ4n) is 1.58. The first-order chi connectivity index (χ1) is 8.45. The number of aryl methyl sites for hydroxylation is 1. The summed E-state index contributed by atoms with van der Waals surface area (Å²) in [5.74, 6) is 2.32. The van der Waals surface area contributed by atoms with Crippen molar-refractivity contribution in [3.63, 3.8) is 0 Å². The number of hydrogen-bond acceptors (Lipinski definition) is 4. The van der Waals surface area contributed by atoms with Gasteiger partial charge in [-0.2, -0.15) is 12.6 Å². The third-order valence-corrected chi connectivity index (χ3v) is 3.48. The van der Waals surface area contributed by atoms with Crippen LogP contribution < -0.4 is 4.74 Å². The minimum Gasteiger partial charge on any atom is -0.493 e. The van der Waals surface area contributed by atoms with Gasteiger partial charge in [-0.25, -0.2) is 0 Å². The van der Waals surface area contributed by atoms with E-state index in [0.29, 0.717) is 29.8 Å². The summed E-state index contributed by atoms with van der Waals surface area (Å²) in [7, 11) is 0. The first-order valence-electron chi connectivity index (χ1n) is 5.94. The standard InChI is InChI=1S/C13H19NO3S/c1-9(2)11(8-18)7-17-12-4-5-13(14(15)16)10(3)6-12/h4-6,9,11,18H,7-8H2,1-3H3. The van der Waals surface area contributed by atoms with Crippen LogP contribution in [-0.4, -0.2) is 17.3 Å². The van der Waals surface area contributed by atoms with E-state index < -0.39 is 0 Å². The van der Waals surface area contributed by atoms with Crippen molar-refractivity contribution in [3.05, 3.63) is 33.9 Å². The maximum Gasteiger partial charge on any atom is 0.272 e. The van der Waals surface area contributed by atoms with Crippen LogP contribution >= 0.6 is 12.6 Å². The molecule has 1 aromatic carbocycles. The molecule has 100 valence electrons. The van der Waals surface area contributed by atoms with Crippen LogP contribution in [0.5, 0.6) is 5.75 Å². The molecule has 1 aromatic rings. The molecule has 0 aliphatic carbocycles. The molecule has 0 bridgehead atoms. The van der Waals surface area contributed by atoms with Crippen molar-refractivity contribution in [1.82, 2.24) is 0 Å². The van der Waals surface area contributed by atoms with Crippen LogP contribution in [0, 0.1) is 28.9 Å². The highest BCUT2D eigenvalue weighted by Gasteiger charge is 2.14. The van der Waals surface area contributed by atoms with Gasteiger partial charge in [0.1, 0.15) is 5.75 Å². The largest absolute Gasteiger partial charge is 0.493 e.